The number of halogens is 4. The molecule has 0 atom stereocenters. The van der Waals surface area contributed by atoms with Crippen molar-refractivity contribution < 1.29 is 22.4 Å². The van der Waals surface area contributed by atoms with Gasteiger partial charge in [0.25, 0.3) is 0 Å². The van der Waals surface area contributed by atoms with Crippen molar-refractivity contribution in [3.05, 3.63) is 29.6 Å². The Labute approximate surface area is 102 Å². The first-order valence-electron chi connectivity index (χ1n) is 5.33. The molecule has 0 bridgehead atoms. The average molecular weight is 263 g/mol. The van der Waals surface area contributed by atoms with Crippen LogP contribution in [-0.2, 0) is 0 Å². The molecule has 0 radical (unpaired) electrons. The fourth-order valence-electron chi connectivity index (χ4n) is 1.63. The SMILES string of the molecule is CC(C)N(CC(F)(F)F)c1cccc(F)c1C=O. The van der Waals surface area contributed by atoms with Crippen LogP contribution in [0.5, 0.6) is 0 Å². The van der Waals surface area contributed by atoms with E-state index in [9.17, 15) is 22.4 Å². The molecule has 0 aliphatic carbocycles. The summed E-state index contributed by atoms with van der Waals surface area (Å²) < 4.78 is 50.8. The first kappa shape index (κ1) is 14.5. The Kier molecular flexibility index (Phi) is 4.32. The molecule has 0 saturated heterocycles. The summed E-state index contributed by atoms with van der Waals surface area (Å²) >= 11 is 0. The fraction of sp³-hybridized carbons (Fsp3) is 0.417. The molecule has 0 N–H and O–H groups in total. The van der Waals surface area contributed by atoms with Gasteiger partial charge in [-0.05, 0) is 26.0 Å². The van der Waals surface area contributed by atoms with Crippen LogP contribution in [0.3, 0.4) is 0 Å². The van der Waals surface area contributed by atoms with Gasteiger partial charge in [0.05, 0.1) is 11.3 Å². The molecule has 0 saturated carbocycles. The zero-order valence-electron chi connectivity index (χ0n) is 9.96. The molecule has 0 unspecified atom stereocenters. The summed E-state index contributed by atoms with van der Waals surface area (Å²) in [5.74, 6) is -0.824. The summed E-state index contributed by atoms with van der Waals surface area (Å²) in [5, 5.41) is 0. The highest BCUT2D eigenvalue weighted by molar-refractivity contribution is 5.85. The Hall–Kier alpha value is -1.59. The van der Waals surface area contributed by atoms with Gasteiger partial charge in [0.2, 0.25) is 0 Å². The van der Waals surface area contributed by atoms with E-state index in [0.717, 1.165) is 11.0 Å². The quantitative estimate of drug-likeness (QED) is 0.613. The third-order valence-corrected chi connectivity index (χ3v) is 2.43. The molecule has 0 aliphatic heterocycles. The number of carbonyl (C=O) groups is 1. The van der Waals surface area contributed by atoms with E-state index >= 15 is 0 Å². The lowest BCUT2D eigenvalue weighted by Crippen LogP contribution is -2.39. The van der Waals surface area contributed by atoms with Crippen LogP contribution in [0.2, 0.25) is 0 Å². The maximum Gasteiger partial charge on any atom is 0.405 e. The van der Waals surface area contributed by atoms with Crippen LogP contribution in [0.4, 0.5) is 23.2 Å². The van der Waals surface area contributed by atoms with E-state index in [4.69, 9.17) is 0 Å². The van der Waals surface area contributed by atoms with Crippen LogP contribution in [0.25, 0.3) is 0 Å². The van der Waals surface area contributed by atoms with Gasteiger partial charge < -0.3 is 4.90 Å². The first-order valence-corrected chi connectivity index (χ1v) is 5.33. The number of rotatable bonds is 4. The Balaban J connectivity index is 3.22. The van der Waals surface area contributed by atoms with Gasteiger partial charge in [0.15, 0.2) is 6.29 Å². The molecule has 1 aromatic rings. The van der Waals surface area contributed by atoms with Gasteiger partial charge in [0.1, 0.15) is 12.4 Å². The van der Waals surface area contributed by atoms with E-state index in [1.807, 2.05) is 0 Å². The maximum absolute atomic E-state index is 13.4. The minimum atomic E-state index is -4.42. The van der Waals surface area contributed by atoms with Crippen molar-refractivity contribution in [2.45, 2.75) is 26.1 Å². The Bertz CT molecular complexity index is 429. The minimum absolute atomic E-state index is 0.0441. The van der Waals surface area contributed by atoms with Gasteiger partial charge in [-0.2, -0.15) is 13.2 Å². The number of carbonyl (C=O) groups excluding carboxylic acids is 1. The minimum Gasteiger partial charge on any atom is -0.359 e. The zero-order chi connectivity index (χ0) is 13.9. The summed E-state index contributed by atoms with van der Waals surface area (Å²) in [5.41, 5.74) is -0.396. The van der Waals surface area contributed by atoms with Gasteiger partial charge in [-0.1, -0.05) is 6.07 Å². The molecule has 1 aromatic carbocycles. The summed E-state index contributed by atoms with van der Waals surface area (Å²) in [6, 6.07) is 3.12. The van der Waals surface area contributed by atoms with E-state index in [1.165, 1.54) is 12.1 Å². The van der Waals surface area contributed by atoms with Gasteiger partial charge >= 0.3 is 6.18 Å². The van der Waals surface area contributed by atoms with Crippen LogP contribution < -0.4 is 4.90 Å². The number of benzene rings is 1. The molecule has 100 valence electrons. The second-order valence-electron chi connectivity index (χ2n) is 4.13. The van der Waals surface area contributed by atoms with Crippen LogP contribution in [0.15, 0.2) is 18.2 Å². The monoisotopic (exact) mass is 263 g/mol. The highest BCUT2D eigenvalue weighted by Gasteiger charge is 2.33. The molecule has 0 aliphatic rings. The van der Waals surface area contributed by atoms with E-state index in [-0.39, 0.29) is 17.5 Å². The average Bonchev–Trinajstić information content (AvgIpc) is 2.24. The topological polar surface area (TPSA) is 20.3 Å². The van der Waals surface area contributed by atoms with Gasteiger partial charge in [0, 0.05) is 6.04 Å². The first-order chi connectivity index (χ1) is 8.26. The smallest absolute Gasteiger partial charge is 0.359 e. The number of alkyl halides is 3. The molecule has 2 nitrogen and oxygen atoms in total. The summed E-state index contributed by atoms with van der Waals surface area (Å²) in [4.78, 5) is 11.7. The number of hydrogen-bond acceptors (Lipinski definition) is 2. The molecule has 0 amide bonds. The van der Waals surface area contributed by atoms with Crippen molar-refractivity contribution in [1.29, 1.82) is 0 Å². The third-order valence-electron chi connectivity index (χ3n) is 2.43. The number of aldehydes is 1. The summed E-state index contributed by atoms with van der Waals surface area (Å²) in [6.07, 6.45) is -4.19. The van der Waals surface area contributed by atoms with Crippen molar-refractivity contribution in [3.8, 4) is 0 Å². The van der Waals surface area contributed by atoms with Crippen molar-refractivity contribution >= 4 is 12.0 Å². The third kappa shape index (κ3) is 3.45. The van der Waals surface area contributed by atoms with Gasteiger partial charge in [-0.15, -0.1) is 0 Å². The molecular formula is C12H13F4NO. The molecule has 18 heavy (non-hydrogen) atoms. The maximum atomic E-state index is 13.4. The van der Waals surface area contributed by atoms with Crippen LogP contribution in [0.1, 0.15) is 24.2 Å². The van der Waals surface area contributed by atoms with Crippen molar-refractivity contribution in [3.63, 3.8) is 0 Å². The zero-order valence-corrected chi connectivity index (χ0v) is 9.96. The molecule has 0 aromatic heterocycles. The van der Waals surface area contributed by atoms with E-state index in [1.54, 1.807) is 13.8 Å². The van der Waals surface area contributed by atoms with Crippen LogP contribution >= 0.6 is 0 Å². The summed E-state index contributed by atoms with van der Waals surface area (Å²) in [7, 11) is 0. The van der Waals surface area contributed by atoms with E-state index in [2.05, 4.69) is 0 Å². The lowest BCUT2D eigenvalue weighted by molar-refractivity contribution is -0.120. The largest absolute Gasteiger partial charge is 0.405 e. The Morgan fingerprint density at radius 1 is 1.33 bits per heavy atom. The highest BCUT2D eigenvalue weighted by atomic mass is 19.4. The van der Waals surface area contributed by atoms with Crippen LogP contribution in [0, 0.1) is 5.82 Å². The molecule has 0 heterocycles. The van der Waals surface area contributed by atoms with Crippen molar-refractivity contribution in [2.75, 3.05) is 11.4 Å². The molecule has 6 heteroatoms. The molecule has 1 rings (SSSR count). The number of hydrogen-bond donors (Lipinski definition) is 0. The summed E-state index contributed by atoms with van der Waals surface area (Å²) in [6.45, 7) is 1.87. The molecule has 0 fully saturated rings. The second-order valence-corrected chi connectivity index (χ2v) is 4.13. The van der Waals surface area contributed by atoms with Gasteiger partial charge in [-0.25, -0.2) is 4.39 Å². The predicted molar refractivity (Wildman–Crippen MR) is 60.3 cm³/mol. The van der Waals surface area contributed by atoms with Gasteiger partial charge in [-0.3, -0.25) is 4.79 Å². The number of nitrogens with zero attached hydrogens (tertiary/aromatic N) is 1. The predicted octanol–water partition coefficient (Wildman–Crippen LogP) is 3.42. The van der Waals surface area contributed by atoms with Crippen molar-refractivity contribution in [1.82, 2.24) is 0 Å². The highest BCUT2D eigenvalue weighted by Crippen LogP contribution is 2.27. The standard InChI is InChI=1S/C12H13F4NO/c1-8(2)17(7-12(14,15)16)11-5-3-4-10(13)9(11)6-18/h3-6,8H,7H2,1-2H3. The molecule has 0 spiro atoms. The van der Waals surface area contributed by atoms with E-state index < -0.39 is 24.6 Å². The Morgan fingerprint density at radius 3 is 2.39 bits per heavy atom. The van der Waals surface area contributed by atoms with Crippen molar-refractivity contribution in [2.24, 2.45) is 0 Å². The normalized spacial score (nSPS) is 11.7. The molecular weight excluding hydrogens is 250 g/mol. The van der Waals surface area contributed by atoms with Crippen LogP contribution in [-0.4, -0.2) is 25.0 Å². The second kappa shape index (κ2) is 5.37. The number of anilines is 1. The Morgan fingerprint density at radius 2 is 1.94 bits per heavy atom. The lowest BCUT2D eigenvalue weighted by atomic mass is 10.1. The fourth-order valence-corrected chi connectivity index (χ4v) is 1.63. The lowest BCUT2D eigenvalue weighted by Gasteiger charge is -2.30. The van der Waals surface area contributed by atoms with E-state index in [0.29, 0.717) is 0 Å².